The molecule has 0 aliphatic rings. The van der Waals surface area contributed by atoms with Crippen molar-refractivity contribution in [2.75, 3.05) is 11.9 Å². The molecule has 3 N–H and O–H groups in total. The monoisotopic (exact) mass is 343 g/mol. The van der Waals surface area contributed by atoms with Crippen molar-refractivity contribution >= 4 is 39.1 Å². The van der Waals surface area contributed by atoms with Gasteiger partial charge in [-0.15, -0.1) is 0 Å². The zero-order valence-electron chi connectivity index (χ0n) is 9.81. The molecule has 2 rings (SSSR count). The minimum absolute atomic E-state index is 0.313. The molecule has 0 atom stereocenters. The number of nitrogens with one attached hydrogen (secondary N) is 1. The van der Waals surface area contributed by atoms with Crippen LogP contribution in [-0.2, 0) is 6.54 Å². The topological polar surface area (TPSA) is 85.8 Å². The third-order valence-electron chi connectivity index (χ3n) is 2.31. The Balaban J connectivity index is 2.09. The van der Waals surface area contributed by atoms with Crippen LogP contribution in [0.2, 0.25) is 5.15 Å². The number of imidazole rings is 1. The SMILES string of the molecule is NCCn1cnc(C(=O)Nc2cnc(Cl)c(Br)c2)c1. The molecule has 0 fully saturated rings. The summed E-state index contributed by atoms with van der Waals surface area (Å²) < 4.78 is 2.37. The summed E-state index contributed by atoms with van der Waals surface area (Å²) in [6, 6.07) is 1.67. The number of amides is 1. The van der Waals surface area contributed by atoms with Gasteiger partial charge < -0.3 is 15.6 Å². The number of hydrogen-bond donors (Lipinski definition) is 2. The molecular weight excluding hydrogens is 334 g/mol. The van der Waals surface area contributed by atoms with Crippen molar-refractivity contribution in [2.45, 2.75) is 6.54 Å². The van der Waals surface area contributed by atoms with Crippen molar-refractivity contribution in [1.29, 1.82) is 0 Å². The standard InChI is InChI=1S/C11H11BrClN5O/c12-8-3-7(4-15-10(8)13)17-11(19)9-5-18(2-1-14)6-16-9/h3-6H,1-2,14H2,(H,17,19). The molecule has 2 heterocycles. The lowest BCUT2D eigenvalue weighted by Gasteiger charge is -2.03. The highest BCUT2D eigenvalue weighted by molar-refractivity contribution is 9.10. The van der Waals surface area contributed by atoms with E-state index in [1.165, 1.54) is 6.20 Å². The Morgan fingerprint density at radius 1 is 1.53 bits per heavy atom. The molecule has 1 amide bonds. The van der Waals surface area contributed by atoms with Gasteiger partial charge in [-0.2, -0.15) is 0 Å². The maximum Gasteiger partial charge on any atom is 0.275 e. The van der Waals surface area contributed by atoms with Crippen molar-refractivity contribution < 1.29 is 4.79 Å². The zero-order valence-corrected chi connectivity index (χ0v) is 12.1. The van der Waals surface area contributed by atoms with Crippen LogP contribution in [0.4, 0.5) is 5.69 Å². The lowest BCUT2D eigenvalue weighted by molar-refractivity contribution is 0.102. The first-order valence-electron chi connectivity index (χ1n) is 5.44. The predicted molar refractivity (Wildman–Crippen MR) is 76.2 cm³/mol. The number of carbonyl (C=O) groups is 1. The molecule has 0 bridgehead atoms. The second kappa shape index (κ2) is 6.14. The van der Waals surface area contributed by atoms with E-state index in [2.05, 4.69) is 31.2 Å². The number of nitrogens with zero attached hydrogens (tertiary/aromatic N) is 3. The fourth-order valence-corrected chi connectivity index (χ4v) is 1.89. The highest BCUT2D eigenvalue weighted by Gasteiger charge is 2.10. The van der Waals surface area contributed by atoms with E-state index in [0.717, 1.165) is 0 Å². The van der Waals surface area contributed by atoms with Gasteiger partial charge in [-0.25, -0.2) is 9.97 Å². The van der Waals surface area contributed by atoms with Crippen molar-refractivity contribution in [3.63, 3.8) is 0 Å². The van der Waals surface area contributed by atoms with Crippen LogP contribution in [0, 0.1) is 0 Å². The second-order valence-electron chi connectivity index (χ2n) is 3.74. The Morgan fingerprint density at radius 3 is 3.00 bits per heavy atom. The first kappa shape index (κ1) is 14.0. The largest absolute Gasteiger partial charge is 0.335 e. The molecule has 2 aromatic rings. The number of aromatic nitrogens is 3. The molecule has 8 heteroatoms. The first-order valence-corrected chi connectivity index (χ1v) is 6.61. The van der Waals surface area contributed by atoms with E-state index in [1.54, 1.807) is 23.2 Å². The van der Waals surface area contributed by atoms with Gasteiger partial charge in [0.15, 0.2) is 0 Å². The highest BCUT2D eigenvalue weighted by Crippen LogP contribution is 2.23. The summed E-state index contributed by atoms with van der Waals surface area (Å²) in [6.07, 6.45) is 4.68. The number of carbonyl (C=O) groups excluding carboxylic acids is 1. The van der Waals surface area contributed by atoms with E-state index >= 15 is 0 Å². The number of rotatable bonds is 4. The lowest BCUT2D eigenvalue weighted by atomic mass is 10.4. The Bertz CT molecular complexity index is 601. The predicted octanol–water partition coefficient (Wildman–Crippen LogP) is 1.90. The summed E-state index contributed by atoms with van der Waals surface area (Å²) in [5.41, 5.74) is 6.28. The summed E-state index contributed by atoms with van der Waals surface area (Å²) in [5, 5.41) is 3.02. The van der Waals surface area contributed by atoms with Gasteiger partial charge in [-0.3, -0.25) is 4.79 Å². The molecule has 0 radical (unpaired) electrons. The van der Waals surface area contributed by atoms with Gasteiger partial charge in [0.2, 0.25) is 0 Å². The van der Waals surface area contributed by atoms with Gasteiger partial charge >= 0.3 is 0 Å². The van der Waals surface area contributed by atoms with Gasteiger partial charge in [0.1, 0.15) is 10.8 Å². The quantitative estimate of drug-likeness (QED) is 0.830. The van der Waals surface area contributed by atoms with Crippen LogP contribution in [0.1, 0.15) is 10.5 Å². The molecule has 0 spiro atoms. The molecule has 0 aliphatic carbocycles. The maximum absolute atomic E-state index is 11.9. The Kier molecular flexibility index (Phi) is 4.52. The number of hydrogen-bond acceptors (Lipinski definition) is 4. The van der Waals surface area contributed by atoms with Gasteiger partial charge in [0, 0.05) is 19.3 Å². The molecular formula is C11H11BrClN5O. The number of halogens is 2. The lowest BCUT2D eigenvalue weighted by Crippen LogP contribution is -2.13. The maximum atomic E-state index is 11.9. The normalized spacial score (nSPS) is 10.5. The van der Waals surface area contributed by atoms with Gasteiger partial charge in [-0.1, -0.05) is 11.6 Å². The van der Waals surface area contributed by atoms with Crippen LogP contribution in [0.5, 0.6) is 0 Å². The average Bonchev–Trinajstić information content (AvgIpc) is 2.83. The number of anilines is 1. The summed E-state index contributed by atoms with van der Waals surface area (Å²) in [7, 11) is 0. The van der Waals surface area contributed by atoms with E-state index in [1.807, 2.05) is 0 Å². The fraction of sp³-hybridized carbons (Fsp3) is 0.182. The summed E-state index contributed by atoms with van der Waals surface area (Å²) in [5.74, 6) is -0.313. The molecule has 0 saturated carbocycles. The van der Waals surface area contributed by atoms with Gasteiger partial charge in [0.25, 0.3) is 5.91 Å². The van der Waals surface area contributed by atoms with Crippen molar-refractivity contribution in [2.24, 2.45) is 5.73 Å². The average molecular weight is 345 g/mol. The van der Waals surface area contributed by atoms with E-state index in [9.17, 15) is 4.79 Å². The van der Waals surface area contributed by atoms with Gasteiger partial charge in [0.05, 0.1) is 22.7 Å². The zero-order chi connectivity index (χ0) is 13.8. The third-order valence-corrected chi connectivity index (χ3v) is 3.44. The smallest absolute Gasteiger partial charge is 0.275 e. The van der Waals surface area contributed by atoms with E-state index in [0.29, 0.717) is 34.1 Å². The molecule has 19 heavy (non-hydrogen) atoms. The van der Waals surface area contributed by atoms with Crippen molar-refractivity contribution in [3.8, 4) is 0 Å². The van der Waals surface area contributed by atoms with Crippen LogP contribution in [0.25, 0.3) is 0 Å². The van der Waals surface area contributed by atoms with Crippen LogP contribution in [-0.4, -0.2) is 27.0 Å². The molecule has 0 aliphatic heterocycles. The Labute approximate surface area is 123 Å². The first-order chi connectivity index (χ1) is 9.10. The number of nitrogens with two attached hydrogens (primary N) is 1. The third kappa shape index (κ3) is 3.52. The molecule has 0 unspecified atom stereocenters. The summed E-state index contributed by atoms with van der Waals surface area (Å²) in [6.45, 7) is 1.11. The van der Waals surface area contributed by atoms with Crippen molar-refractivity contribution in [3.05, 3.63) is 40.1 Å². The van der Waals surface area contributed by atoms with E-state index in [4.69, 9.17) is 17.3 Å². The highest BCUT2D eigenvalue weighted by atomic mass is 79.9. The molecule has 6 nitrogen and oxygen atoms in total. The van der Waals surface area contributed by atoms with Crippen LogP contribution < -0.4 is 11.1 Å². The Morgan fingerprint density at radius 2 is 2.32 bits per heavy atom. The minimum Gasteiger partial charge on any atom is -0.335 e. The van der Waals surface area contributed by atoms with E-state index < -0.39 is 0 Å². The molecule has 100 valence electrons. The second-order valence-corrected chi connectivity index (χ2v) is 4.95. The number of pyridine rings is 1. The van der Waals surface area contributed by atoms with Crippen molar-refractivity contribution in [1.82, 2.24) is 14.5 Å². The molecule has 0 saturated heterocycles. The van der Waals surface area contributed by atoms with Crippen LogP contribution in [0.3, 0.4) is 0 Å². The summed E-state index contributed by atoms with van der Waals surface area (Å²) in [4.78, 5) is 19.9. The fourth-order valence-electron chi connectivity index (χ4n) is 1.43. The van der Waals surface area contributed by atoms with Gasteiger partial charge in [-0.05, 0) is 22.0 Å². The minimum atomic E-state index is -0.313. The molecule has 0 aromatic carbocycles. The van der Waals surface area contributed by atoms with Crippen LogP contribution in [0.15, 0.2) is 29.3 Å². The Hall–Kier alpha value is -1.44. The van der Waals surface area contributed by atoms with Crippen LogP contribution >= 0.6 is 27.5 Å². The molecule has 2 aromatic heterocycles. The van der Waals surface area contributed by atoms with E-state index in [-0.39, 0.29) is 5.91 Å². The summed E-state index contributed by atoms with van der Waals surface area (Å²) >= 11 is 9.01.